The van der Waals surface area contributed by atoms with Gasteiger partial charge < -0.3 is 9.88 Å². The predicted octanol–water partition coefficient (Wildman–Crippen LogP) is 3.68. The summed E-state index contributed by atoms with van der Waals surface area (Å²) in [6, 6.07) is 6.67. The van der Waals surface area contributed by atoms with Gasteiger partial charge in [-0.25, -0.2) is 0 Å². The fourth-order valence-corrected chi connectivity index (χ4v) is 2.59. The van der Waals surface area contributed by atoms with E-state index in [2.05, 4.69) is 49.8 Å². The summed E-state index contributed by atoms with van der Waals surface area (Å²) in [7, 11) is 2.12. The fourth-order valence-electron chi connectivity index (χ4n) is 2.42. The summed E-state index contributed by atoms with van der Waals surface area (Å²) in [6.07, 6.45) is 1.04. The van der Waals surface area contributed by atoms with Crippen LogP contribution in [0.15, 0.2) is 18.2 Å². The van der Waals surface area contributed by atoms with E-state index in [9.17, 15) is 0 Å². The molecular formula is C15H21ClN2. The summed E-state index contributed by atoms with van der Waals surface area (Å²) < 4.78 is 2.25. The second-order valence-corrected chi connectivity index (χ2v) is 5.58. The fraction of sp³-hybridized carbons (Fsp3) is 0.467. The normalized spacial score (nSPS) is 11.7. The van der Waals surface area contributed by atoms with Gasteiger partial charge in [0.15, 0.2) is 0 Å². The molecule has 1 aromatic carbocycles. The Morgan fingerprint density at radius 1 is 1.33 bits per heavy atom. The minimum Gasteiger partial charge on any atom is -0.348 e. The molecule has 0 aliphatic carbocycles. The van der Waals surface area contributed by atoms with Gasteiger partial charge in [-0.3, -0.25) is 0 Å². The summed E-state index contributed by atoms with van der Waals surface area (Å²) in [6.45, 7) is 7.53. The Kier molecular flexibility index (Phi) is 3.98. The lowest BCUT2D eigenvalue weighted by molar-refractivity contribution is 0.590. The van der Waals surface area contributed by atoms with Crippen molar-refractivity contribution in [3.05, 3.63) is 34.5 Å². The number of hydrogen-bond donors (Lipinski definition) is 1. The number of fused-ring (bicyclic) bond motifs is 1. The molecule has 0 spiro atoms. The van der Waals surface area contributed by atoms with Crippen LogP contribution in [0.5, 0.6) is 0 Å². The first-order chi connectivity index (χ1) is 8.50. The number of nitrogens with one attached hydrogen (secondary N) is 1. The van der Waals surface area contributed by atoms with Crippen LogP contribution in [0.4, 0.5) is 0 Å². The molecule has 98 valence electrons. The van der Waals surface area contributed by atoms with Gasteiger partial charge in [0.05, 0.1) is 0 Å². The van der Waals surface area contributed by atoms with Gasteiger partial charge in [-0.2, -0.15) is 0 Å². The minimum atomic E-state index is 0.531. The average molecular weight is 265 g/mol. The van der Waals surface area contributed by atoms with E-state index in [0.29, 0.717) is 6.04 Å². The Morgan fingerprint density at radius 3 is 2.72 bits per heavy atom. The number of benzene rings is 1. The smallest absolute Gasteiger partial charge is 0.0483 e. The van der Waals surface area contributed by atoms with Crippen LogP contribution in [0.25, 0.3) is 10.9 Å². The van der Waals surface area contributed by atoms with Crippen molar-refractivity contribution in [1.82, 2.24) is 9.88 Å². The molecule has 2 nitrogen and oxygen atoms in total. The maximum Gasteiger partial charge on any atom is 0.0483 e. The molecule has 0 saturated heterocycles. The zero-order valence-electron chi connectivity index (χ0n) is 11.5. The van der Waals surface area contributed by atoms with Gasteiger partial charge in [0.2, 0.25) is 0 Å². The monoisotopic (exact) mass is 264 g/mol. The van der Waals surface area contributed by atoms with Gasteiger partial charge in [-0.05, 0) is 43.7 Å². The third kappa shape index (κ3) is 2.55. The van der Waals surface area contributed by atoms with E-state index in [1.165, 1.54) is 22.2 Å². The first kappa shape index (κ1) is 13.4. The van der Waals surface area contributed by atoms with Crippen molar-refractivity contribution >= 4 is 22.5 Å². The van der Waals surface area contributed by atoms with Gasteiger partial charge in [0.1, 0.15) is 0 Å². The van der Waals surface area contributed by atoms with Gasteiger partial charge >= 0.3 is 0 Å². The molecule has 0 atom stereocenters. The lowest BCUT2D eigenvalue weighted by Gasteiger charge is -2.08. The zero-order chi connectivity index (χ0) is 13.3. The van der Waals surface area contributed by atoms with E-state index >= 15 is 0 Å². The lowest BCUT2D eigenvalue weighted by Crippen LogP contribution is -2.25. The molecule has 2 rings (SSSR count). The van der Waals surface area contributed by atoms with E-state index in [4.69, 9.17) is 11.6 Å². The van der Waals surface area contributed by atoms with Gasteiger partial charge in [0.25, 0.3) is 0 Å². The maximum absolute atomic E-state index is 6.11. The highest BCUT2D eigenvalue weighted by molar-refractivity contribution is 6.31. The topological polar surface area (TPSA) is 17.0 Å². The van der Waals surface area contributed by atoms with Crippen LogP contribution >= 0.6 is 11.6 Å². The Hall–Kier alpha value is -0.990. The van der Waals surface area contributed by atoms with Crippen LogP contribution < -0.4 is 5.32 Å². The number of halogens is 1. The quantitative estimate of drug-likeness (QED) is 0.891. The number of aromatic nitrogens is 1. The van der Waals surface area contributed by atoms with Crippen molar-refractivity contribution in [2.75, 3.05) is 6.54 Å². The first-order valence-corrected chi connectivity index (χ1v) is 6.85. The summed E-state index contributed by atoms with van der Waals surface area (Å²) in [5, 5.41) is 5.56. The molecule has 0 amide bonds. The van der Waals surface area contributed by atoms with Crippen molar-refractivity contribution in [3.63, 3.8) is 0 Å². The minimum absolute atomic E-state index is 0.531. The number of nitrogens with zero attached hydrogens (tertiary/aromatic N) is 1. The summed E-state index contributed by atoms with van der Waals surface area (Å²) in [5.74, 6) is 0. The largest absolute Gasteiger partial charge is 0.348 e. The van der Waals surface area contributed by atoms with Crippen LogP contribution in [-0.2, 0) is 13.5 Å². The molecule has 0 unspecified atom stereocenters. The Labute approximate surface area is 114 Å². The van der Waals surface area contributed by atoms with E-state index in [-0.39, 0.29) is 0 Å². The van der Waals surface area contributed by atoms with Crippen molar-refractivity contribution in [2.45, 2.75) is 33.2 Å². The molecule has 0 bridgehead atoms. The van der Waals surface area contributed by atoms with Crippen LogP contribution in [0.1, 0.15) is 25.1 Å². The van der Waals surface area contributed by atoms with Crippen LogP contribution in [0, 0.1) is 6.92 Å². The Morgan fingerprint density at radius 2 is 2.06 bits per heavy atom. The lowest BCUT2D eigenvalue weighted by atomic mass is 10.1. The standard InChI is InChI=1S/C15H21ClN2/c1-10(2)17-8-7-13-11(3)18(4)15-6-5-12(16)9-14(13)15/h5-6,9-10,17H,7-8H2,1-4H3. The Bertz CT molecular complexity index is 555. The molecule has 1 aromatic heterocycles. The van der Waals surface area contributed by atoms with Crippen LogP contribution in [0.3, 0.4) is 0 Å². The second kappa shape index (κ2) is 5.33. The molecule has 2 aromatic rings. The van der Waals surface area contributed by atoms with Crippen LogP contribution in [0.2, 0.25) is 5.02 Å². The molecule has 1 N–H and O–H groups in total. The van der Waals surface area contributed by atoms with Gasteiger partial charge in [-0.1, -0.05) is 25.4 Å². The highest BCUT2D eigenvalue weighted by Crippen LogP contribution is 2.27. The maximum atomic E-state index is 6.11. The highest BCUT2D eigenvalue weighted by atomic mass is 35.5. The molecule has 0 aliphatic rings. The number of aryl methyl sites for hydroxylation is 1. The molecule has 0 aliphatic heterocycles. The van der Waals surface area contributed by atoms with Crippen LogP contribution in [-0.4, -0.2) is 17.2 Å². The SMILES string of the molecule is Cc1c(CCNC(C)C)c2cc(Cl)ccc2n1C. The van der Waals surface area contributed by atoms with Crippen molar-refractivity contribution in [2.24, 2.45) is 7.05 Å². The summed E-state index contributed by atoms with van der Waals surface area (Å²) >= 11 is 6.11. The zero-order valence-corrected chi connectivity index (χ0v) is 12.3. The molecule has 3 heteroatoms. The summed E-state index contributed by atoms with van der Waals surface area (Å²) in [5.41, 5.74) is 4.00. The van der Waals surface area contributed by atoms with Gasteiger partial charge in [-0.15, -0.1) is 0 Å². The number of hydrogen-bond acceptors (Lipinski definition) is 1. The second-order valence-electron chi connectivity index (χ2n) is 5.14. The van der Waals surface area contributed by atoms with Crippen molar-refractivity contribution in [3.8, 4) is 0 Å². The molecule has 18 heavy (non-hydrogen) atoms. The molecule has 0 radical (unpaired) electrons. The number of rotatable bonds is 4. The Balaban J connectivity index is 2.36. The molecule has 0 saturated carbocycles. The van der Waals surface area contributed by atoms with E-state index in [1.54, 1.807) is 0 Å². The van der Waals surface area contributed by atoms with Gasteiger partial charge in [0, 0.05) is 34.7 Å². The average Bonchev–Trinajstić information content (AvgIpc) is 2.53. The summed E-state index contributed by atoms with van der Waals surface area (Å²) in [4.78, 5) is 0. The molecule has 0 fully saturated rings. The predicted molar refractivity (Wildman–Crippen MR) is 79.5 cm³/mol. The third-order valence-electron chi connectivity index (χ3n) is 3.51. The van der Waals surface area contributed by atoms with E-state index < -0.39 is 0 Å². The van der Waals surface area contributed by atoms with Crippen molar-refractivity contribution < 1.29 is 0 Å². The molecular weight excluding hydrogens is 244 g/mol. The molecule has 1 heterocycles. The highest BCUT2D eigenvalue weighted by Gasteiger charge is 2.11. The third-order valence-corrected chi connectivity index (χ3v) is 3.75. The van der Waals surface area contributed by atoms with E-state index in [0.717, 1.165) is 18.0 Å². The first-order valence-electron chi connectivity index (χ1n) is 6.47. The van der Waals surface area contributed by atoms with E-state index in [1.807, 2.05) is 6.07 Å². The van der Waals surface area contributed by atoms with Crippen molar-refractivity contribution in [1.29, 1.82) is 0 Å².